The van der Waals surface area contributed by atoms with Crippen LogP contribution in [0.3, 0.4) is 0 Å². The van der Waals surface area contributed by atoms with Crippen molar-refractivity contribution in [2.75, 3.05) is 6.61 Å². The van der Waals surface area contributed by atoms with Gasteiger partial charge in [-0.25, -0.2) is 0 Å². The Morgan fingerprint density at radius 2 is 0.656 bits per heavy atom. The highest BCUT2D eigenvalue weighted by molar-refractivity contribution is 5.68. The minimum absolute atomic E-state index is 0.0608. The number of esters is 1. The summed E-state index contributed by atoms with van der Waals surface area (Å²) in [6.07, 6.45) is 35.8. The highest BCUT2D eigenvalue weighted by atomic mass is 16.5. The molecule has 0 unspecified atom stereocenters. The number of ether oxygens (including phenoxy) is 1. The van der Waals surface area contributed by atoms with Gasteiger partial charge in [-0.1, -0.05) is 168 Å². The van der Waals surface area contributed by atoms with Crippen LogP contribution in [0.4, 0.5) is 0 Å². The normalized spacial score (nSPS) is 11.2. The van der Waals surface area contributed by atoms with Crippen LogP contribution in [-0.2, 0) is 9.53 Å². The van der Waals surface area contributed by atoms with Gasteiger partial charge < -0.3 is 4.74 Å². The largest absolute Gasteiger partial charge is 0.466 e. The van der Waals surface area contributed by atoms with E-state index in [4.69, 9.17) is 4.74 Å². The van der Waals surface area contributed by atoms with Crippen LogP contribution in [0.25, 0.3) is 0 Å². The Bertz CT molecular complexity index is 353. The number of carbonyl (C=O) groups excluding carboxylic acids is 1. The zero-order chi connectivity index (χ0) is 23.4. The summed E-state index contributed by atoms with van der Waals surface area (Å²) >= 11 is 0. The average Bonchev–Trinajstić information content (AvgIpc) is 2.81. The van der Waals surface area contributed by atoms with E-state index in [0.29, 0.717) is 13.0 Å². The molecule has 0 heterocycles. The first-order valence-electron chi connectivity index (χ1n) is 15.0. The second-order valence-electron chi connectivity index (χ2n) is 10.1. The quantitative estimate of drug-likeness (QED) is 0.0914. The molecular weight excluding hydrogens is 392 g/mol. The number of rotatable bonds is 27. The van der Waals surface area contributed by atoms with Gasteiger partial charge in [0.1, 0.15) is 0 Å². The molecule has 0 aliphatic rings. The summed E-state index contributed by atoms with van der Waals surface area (Å²) in [7, 11) is 0. The predicted molar refractivity (Wildman–Crippen MR) is 142 cm³/mol. The molecule has 192 valence electrons. The van der Waals surface area contributed by atoms with Crippen molar-refractivity contribution in [3.63, 3.8) is 0 Å². The van der Waals surface area contributed by atoms with E-state index < -0.39 is 0 Å². The van der Waals surface area contributed by atoms with Crippen LogP contribution in [0.15, 0.2) is 0 Å². The molecule has 0 bridgehead atoms. The highest BCUT2D eigenvalue weighted by Crippen LogP contribution is 2.15. The van der Waals surface area contributed by atoms with Gasteiger partial charge in [-0.3, -0.25) is 4.79 Å². The zero-order valence-corrected chi connectivity index (χ0v) is 22.4. The van der Waals surface area contributed by atoms with Crippen LogP contribution in [0, 0.1) is 0 Å². The minimum Gasteiger partial charge on any atom is -0.466 e. The molecular formula is C30H60O2. The van der Waals surface area contributed by atoms with Crippen molar-refractivity contribution in [1.29, 1.82) is 0 Å². The van der Waals surface area contributed by atoms with Gasteiger partial charge in [0.2, 0.25) is 0 Å². The van der Waals surface area contributed by atoms with E-state index in [1.165, 1.54) is 154 Å². The van der Waals surface area contributed by atoms with Gasteiger partial charge in [0, 0.05) is 6.42 Å². The highest BCUT2D eigenvalue weighted by Gasteiger charge is 1.98. The Labute approximate surface area is 203 Å². The molecule has 0 spiro atoms. The molecule has 0 atom stereocenters. The zero-order valence-electron chi connectivity index (χ0n) is 22.4. The SMILES string of the molecule is CCCCCCCCCCCCCCCCCCCCCCCCCCCOC(=O)CC. The fourth-order valence-electron chi connectivity index (χ4n) is 4.53. The van der Waals surface area contributed by atoms with E-state index in [0.717, 1.165) is 6.42 Å². The average molecular weight is 453 g/mol. The smallest absolute Gasteiger partial charge is 0.305 e. The lowest BCUT2D eigenvalue weighted by molar-refractivity contribution is -0.143. The minimum atomic E-state index is -0.0608. The third-order valence-corrected chi connectivity index (χ3v) is 6.80. The Kier molecular flexibility index (Phi) is 28.0. The van der Waals surface area contributed by atoms with Crippen molar-refractivity contribution >= 4 is 5.97 Å². The molecule has 0 aromatic heterocycles. The van der Waals surface area contributed by atoms with Crippen LogP contribution in [0.1, 0.15) is 181 Å². The first-order chi connectivity index (χ1) is 15.8. The summed E-state index contributed by atoms with van der Waals surface area (Å²) in [5, 5.41) is 0. The molecule has 32 heavy (non-hydrogen) atoms. The van der Waals surface area contributed by atoms with E-state index in [9.17, 15) is 4.79 Å². The number of unbranched alkanes of at least 4 members (excludes halogenated alkanes) is 24. The Balaban J connectivity index is 3.02. The summed E-state index contributed by atoms with van der Waals surface area (Å²) in [6.45, 7) is 4.76. The Hall–Kier alpha value is -0.530. The predicted octanol–water partition coefficient (Wildman–Crippen LogP) is 10.7. The number of hydrogen-bond donors (Lipinski definition) is 0. The maximum absolute atomic E-state index is 11.0. The summed E-state index contributed by atoms with van der Waals surface area (Å²) < 4.78 is 5.10. The first-order valence-corrected chi connectivity index (χ1v) is 15.0. The fourth-order valence-corrected chi connectivity index (χ4v) is 4.53. The van der Waals surface area contributed by atoms with E-state index >= 15 is 0 Å². The summed E-state index contributed by atoms with van der Waals surface area (Å²) in [5.74, 6) is -0.0608. The molecule has 2 nitrogen and oxygen atoms in total. The monoisotopic (exact) mass is 452 g/mol. The molecule has 0 saturated carbocycles. The van der Waals surface area contributed by atoms with Gasteiger partial charge >= 0.3 is 5.97 Å². The van der Waals surface area contributed by atoms with Crippen molar-refractivity contribution in [1.82, 2.24) is 0 Å². The summed E-state index contributed by atoms with van der Waals surface area (Å²) in [4.78, 5) is 11.0. The van der Waals surface area contributed by atoms with Gasteiger partial charge in [0.15, 0.2) is 0 Å². The van der Waals surface area contributed by atoms with Gasteiger partial charge in [0.25, 0.3) is 0 Å². The maximum Gasteiger partial charge on any atom is 0.305 e. The van der Waals surface area contributed by atoms with E-state index in [2.05, 4.69) is 6.92 Å². The van der Waals surface area contributed by atoms with Crippen LogP contribution in [0.2, 0.25) is 0 Å². The van der Waals surface area contributed by atoms with Gasteiger partial charge in [-0.15, -0.1) is 0 Å². The van der Waals surface area contributed by atoms with Gasteiger partial charge in [-0.05, 0) is 6.42 Å². The van der Waals surface area contributed by atoms with E-state index in [1.807, 2.05) is 6.92 Å². The molecule has 0 aliphatic carbocycles. The van der Waals surface area contributed by atoms with Crippen molar-refractivity contribution in [3.8, 4) is 0 Å². The van der Waals surface area contributed by atoms with Crippen LogP contribution in [-0.4, -0.2) is 12.6 Å². The second-order valence-corrected chi connectivity index (χ2v) is 10.1. The number of carbonyl (C=O) groups is 1. The molecule has 0 aromatic carbocycles. The second kappa shape index (κ2) is 28.5. The molecule has 0 radical (unpaired) electrons. The van der Waals surface area contributed by atoms with Crippen LogP contribution in [0.5, 0.6) is 0 Å². The summed E-state index contributed by atoms with van der Waals surface area (Å²) in [6, 6.07) is 0. The van der Waals surface area contributed by atoms with Crippen LogP contribution < -0.4 is 0 Å². The van der Waals surface area contributed by atoms with E-state index in [-0.39, 0.29) is 5.97 Å². The molecule has 2 heteroatoms. The van der Waals surface area contributed by atoms with Crippen LogP contribution >= 0.6 is 0 Å². The maximum atomic E-state index is 11.0. The molecule has 0 amide bonds. The molecule has 0 rings (SSSR count). The van der Waals surface area contributed by atoms with Crippen molar-refractivity contribution in [3.05, 3.63) is 0 Å². The lowest BCUT2D eigenvalue weighted by Gasteiger charge is -2.05. The standard InChI is InChI=1S/C30H60O2/c1-3-5-6-7-8-9-10-11-12-13-14-15-16-17-18-19-20-21-22-23-24-25-26-27-28-29-32-30(31)4-2/h3-29H2,1-2H3. The van der Waals surface area contributed by atoms with Crippen molar-refractivity contribution in [2.45, 2.75) is 181 Å². The molecule has 0 N–H and O–H groups in total. The van der Waals surface area contributed by atoms with E-state index in [1.54, 1.807) is 0 Å². The molecule has 0 fully saturated rings. The first kappa shape index (κ1) is 31.5. The number of hydrogen-bond acceptors (Lipinski definition) is 2. The lowest BCUT2D eigenvalue weighted by atomic mass is 10.0. The van der Waals surface area contributed by atoms with Gasteiger partial charge in [0.05, 0.1) is 6.61 Å². The fraction of sp³-hybridized carbons (Fsp3) is 0.967. The van der Waals surface area contributed by atoms with Crippen molar-refractivity contribution in [2.24, 2.45) is 0 Å². The Morgan fingerprint density at radius 3 is 0.906 bits per heavy atom. The molecule has 0 aromatic rings. The third kappa shape index (κ3) is 27.5. The lowest BCUT2D eigenvalue weighted by Crippen LogP contribution is -2.03. The van der Waals surface area contributed by atoms with Gasteiger partial charge in [-0.2, -0.15) is 0 Å². The Morgan fingerprint density at radius 1 is 0.406 bits per heavy atom. The van der Waals surface area contributed by atoms with Crippen molar-refractivity contribution < 1.29 is 9.53 Å². The molecule has 0 saturated heterocycles. The topological polar surface area (TPSA) is 26.3 Å². The summed E-state index contributed by atoms with van der Waals surface area (Å²) in [5.41, 5.74) is 0. The molecule has 0 aliphatic heterocycles. The third-order valence-electron chi connectivity index (χ3n) is 6.80.